The summed E-state index contributed by atoms with van der Waals surface area (Å²) >= 11 is 1.57. The van der Waals surface area contributed by atoms with Crippen LogP contribution in [0.25, 0.3) is 0 Å². The molecule has 1 spiro atoms. The Labute approximate surface area is 222 Å². The third-order valence-electron chi connectivity index (χ3n) is 7.33. The van der Waals surface area contributed by atoms with Crippen LogP contribution in [-0.4, -0.2) is 79.7 Å². The van der Waals surface area contributed by atoms with E-state index in [0.717, 1.165) is 24.2 Å². The number of piperidine rings is 1. The molecule has 2 saturated heterocycles. The van der Waals surface area contributed by atoms with Crippen molar-refractivity contribution in [3.05, 3.63) is 54.1 Å². The van der Waals surface area contributed by atoms with E-state index in [4.69, 9.17) is 9.47 Å². The fraction of sp³-hybridized carbons (Fsp3) is 0.464. The molecule has 0 radical (unpaired) electrons. The zero-order valence-electron chi connectivity index (χ0n) is 21.7. The number of rotatable bonds is 8. The number of carbonyl (C=O) groups is 3. The number of hydrogen-bond donors (Lipinski definition) is 1. The monoisotopic (exact) mass is 525 g/mol. The maximum Gasteiger partial charge on any atom is 0.257 e. The Morgan fingerprint density at radius 1 is 0.973 bits per heavy atom. The van der Waals surface area contributed by atoms with Gasteiger partial charge >= 0.3 is 0 Å². The summed E-state index contributed by atoms with van der Waals surface area (Å²) in [5, 5.41) is 2.85. The van der Waals surface area contributed by atoms with E-state index >= 15 is 0 Å². The maximum absolute atomic E-state index is 13.4. The molecule has 1 N–H and O–H groups in total. The topological polar surface area (TPSA) is 88.2 Å². The molecule has 0 aliphatic carbocycles. The van der Waals surface area contributed by atoms with Crippen LogP contribution in [0.5, 0.6) is 11.5 Å². The molecule has 198 valence electrons. The lowest BCUT2D eigenvalue weighted by Gasteiger charge is -2.39. The summed E-state index contributed by atoms with van der Waals surface area (Å²) < 4.78 is 10.7. The number of ether oxygens (including phenoxy) is 2. The van der Waals surface area contributed by atoms with Gasteiger partial charge in [-0.2, -0.15) is 0 Å². The lowest BCUT2D eigenvalue weighted by molar-refractivity contribution is -0.135. The number of nitrogens with zero attached hydrogens (tertiary/aromatic N) is 2. The number of carbonyl (C=O) groups excluding carboxylic acids is 3. The van der Waals surface area contributed by atoms with Crippen LogP contribution < -0.4 is 14.8 Å². The summed E-state index contributed by atoms with van der Waals surface area (Å²) in [6.07, 6.45) is 2.57. The van der Waals surface area contributed by atoms with Gasteiger partial charge in [0.05, 0.1) is 19.8 Å². The lowest BCUT2D eigenvalue weighted by atomic mass is 9.77. The average molecular weight is 526 g/mol. The highest BCUT2D eigenvalue weighted by Gasteiger charge is 2.44. The SMILES string of the molecule is COc1ccc(OC)c(C(=O)N2CCC3(CC2)CCN(C(=O)C(CSc2ccccc2)NC(C)=O)C3)c1. The molecule has 0 aromatic heterocycles. The number of methoxy groups -OCH3 is 2. The normalized spacial score (nSPS) is 17.4. The lowest BCUT2D eigenvalue weighted by Crippen LogP contribution is -2.50. The Bertz CT molecular complexity index is 1120. The fourth-order valence-corrected chi connectivity index (χ4v) is 6.14. The van der Waals surface area contributed by atoms with Gasteiger partial charge in [-0.05, 0) is 55.0 Å². The van der Waals surface area contributed by atoms with Gasteiger partial charge in [0.1, 0.15) is 17.5 Å². The molecular formula is C28H35N3O5S. The number of thioether (sulfide) groups is 1. The van der Waals surface area contributed by atoms with Gasteiger partial charge in [-0.25, -0.2) is 0 Å². The van der Waals surface area contributed by atoms with Crippen molar-refractivity contribution in [2.24, 2.45) is 5.41 Å². The quantitative estimate of drug-likeness (QED) is 0.531. The fourth-order valence-electron chi connectivity index (χ4n) is 5.20. The van der Waals surface area contributed by atoms with Gasteiger partial charge in [-0.15, -0.1) is 11.8 Å². The van der Waals surface area contributed by atoms with Crippen molar-refractivity contribution >= 4 is 29.5 Å². The highest BCUT2D eigenvalue weighted by atomic mass is 32.2. The van der Waals surface area contributed by atoms with Crippen molar-refractivity contribution in [1.82, 2.24) is 15.1 Å². The first-order chi connectivity index (χ1) is 17.8. The molecule has 2 fully saturated rings. The molecule has 0 saturated carbocycles. The van der Waals surface area contributed by atoms with Gasteiger partial charge in [0.25, 0.3) is 5.91 Å². The van der Waals surface area contributed by atoms with E-state index in [2.05, 4.69) is 5.32 Å². The van der Waals surface area contributed by atoms with Crippen molar-refractivity contribution in [3.8, 4) is 11.5 Å². The van der Waals surface area contributed by atoms with E-state index in [9.17, 15) is 14.4 Å². The van der Waals surface area contributed by atoms with Crippen LogP contribution in [-0.2, 0) is 9.59 Å². The Morgan fingerprint density at radius 3 is 2.27 bits per heavy atom. The summed E-state index contributed by atoms with van der Waals surface area (Å²) in [5.41, 5.74) is 0.494. The molecular weight excluding hydrogens is 490 g/mol. The second-order valence-electron chi connectivity index (χ2n) is 9.75. The molecule has 8 nitrogen and oxygen atoms in total. The number of nitrogens with one attached hydrogen (secondary N) is 1. The minimum Gasteiger partial charge on any atom is -0.497 e. The van der Waals surface area contributed by atoms with Crippen LogP contribution in [0.3, 0.4) is 0 Å². The van der Waals surface area contributed by atoms with Crippen molar-refractivity contribution in [2.75, 3.05) is 46.2 Å². The maximum atomic E-state index is 13.4. The third kappa shape index (κ3) is 6.39. The molecule has 0 bridgehead atoms. The largest absolute Gasteiger partial charge is 0.497 e. The van der Waals surface area contributed by atoms with Gasteiger partial charge in [0.15, 0.2) is 0 Å². The highest BCUT2D eigenvalue weighted by molar-refractivity contribution is 7.99. The van der Waals surface area contributed by atoms with E-state index in [-0.39, 0.29) is 23.1 Å². The summed E-state index contributed by atoms with van der Waals surface area (Å²) in [7, 11) is 3.13. The van der Waals surface area contributed by atoms with Crippen molar-refractivity contribution in [1.29, 1.82) is 0 Å². The van der Waals surface area contributed by atoms with E-state index in [1.807, 2.05) is 40.1 Å². The standard InChI is InChI=1S/C28H35N3O5S/c1-20(32)29-24(18-37-22-7-5-4-6-8-22)27(34)31-16-13-28(19-31)11-14-30(15-12-28)26(33)23-17-21(35-2)9-10-25(23)36-3/h4-10,17,24H,11-16,18-19H2,1-3H3,(H,29,32). The number of hydrogen-bond acceptors (Lipinski definition) is 6. The second kappa shape index (κ2) is 11.9. The van der Waals surface area contributed by atoms with Gasteiger partial charge in [0.2, 0.25) is 11.8 Å². The van der Waals surface area contributed by atoms with Gasteiger partial charge < -0.3 is 24.6 Å². The zero-order valence-corrected chi connectivity index (χ0v) is 22.5. The highest BCUT2D eigenvalue weighted by Crippen LogP contribution is 2.41. The number of amides is 3. The molecule has 4 rings (SSSR count). The van der Waals surface area contributed by atoms with Crippen LogP contribution in [0.4, 0.5) is 0 Å². The zero-order chi connectivity index (χ0) is 26.4. The molecule has 9 heteroatoms. The van der Waals surface area contributed by atoms with Crippen molar-refractivity contribution in [2.45, 2.75) is 37.1 Å². The molecule has 2 aliphatic rings. The van der Waals surface area contributed by atoms with E-state index in [0.29, 0.717) is 49.0 Å². The molecule has 2 aromatic rings. The van der Waals surface area contributed by atoms with Gasteiger partial charge in [-0.1, -0.05) is 18.2 Å². The third-order valence-corrected chi connectivity index (χ3v) is 8.44. The van der Waals surface area contributed by atoms with Crippen molar-refractivity contribution < 1.29 is 23.9 Å². The van der Waals surface area contributed by atoms with Gasteiger partial charge in [0, 0.05) is 43.8 Å². The molecule has 2 aliphatic heterocycles. The average Bonchev–Trinajstić information content (AvgIpc) is 3.34. The minimum absolute atomic E-state index is 0.00174. The number of benzene rings is 2. The Hall–Kier alpha value is -3.20. The first kappa shape index (κ1) is 26.9. The smallest absolute Gasteiger partial charge is 0.257 e. The number of likely N-dealkylation sites (tertiary alicyclic amines) is 2. The van der Waals surface area contributed by atoms with Crippen LogP contribution >= 0.6 is 11.8 Å². The summed E-state index contributed by atoms with van der Waals surface area (Å²) in [6.45, 7) is 4.02. The Balaban J connectivity index is 1.36. The first-order valence-corrected chi connectivity index (χ1v) is 13.6. The van der Waals surface area contributed by atoms with Crippen LogP contribution in [0.15, 0.2) is 53.4 Å². The van der Waals surface area contributed by atoms with Crippen LogP contribution in [0.2, 0.25) is 0 Å². The molecule has 1 unspecified atom stereocenters. The van der Waals surface area contributed by atoms with Crippen LogP contribution in [0, 0.1) is 5.41 Å². The summed E-state index contributed by atoms with van der Waals surface area (Å²) in [6, 6.07) is 14.6. The van der Waals surface area contributed by atoms with E-state index in [1.165, 1.54) is 6.92 Å². The summed E-state index contributed by atoms with van der Waals surface area (Å²) in [5.74, 6) is 1.32. The summed E-state index contributed by atoms with van der Waals surface area (Å²) in [4.78, 5) is 43.4. The molecule has 2 aromatic carbocycles. The molecule has 1 atom stereocenters. The van der Waals surface area contributed by atoms with Gasteiger partial charge in [-0.3, -0.25) is 14.4 Å². The predicted molar refractivity (Wildman–Crippen MR) is 143 cm³/mol. The first-order valence-electron chi connectivity index (χ1n) is 12.6. The second-order valence-corrected chi connectivity index (χ2v) is 10.8. The minimum atomic E-state index is -0.569. The Morgan fingerprint density at radius 2 is 1.65 bits per heavy atom. The van der Waals surface area contributed by atoms with E-state index < -0.39 is 6.04 Å². The van der Waals surface area contributed by atoms with Crippen molar-refractivity contribution in [3.63, 3.8) is 0 Å². The molecule has 2 heterocycles. The molecule has 37 heavy (non-hydrogen) atoms. The van der Waals surface area contributed by atoms with E-state index in [1.54, 1.807) is 44.2 Å². The predicted octanol–water partition coefficient (Wildman–Crippen LogP) is 3.46. The van der Waals surface area contributed by atoms with Crippen LogP contribution in [0.1, 0.15) is 36.5 Å². The Kier molecular flexibility index (Phi) is 8.63. The molecule has 3 amide bonds.